The first kappa shape index (κ1) is 13.4. The van der Waals surface area contributed by atoms with Gasteiger partial charge in [0.05, 0.1) is 7.11 Å². The third-order valence-corrected chi connectivity index (χ3v) is 4.36. The standard InChI is InChI=1S/C15H24N2O/c1-15(8-3-4-9-15)14(17-16)11-12-6-5-7-13(10-12)18-2/h5-7,10,14,17H,3-4,8-9,11,16H2,1-2H3. The molecular weight excluding hydrogens is 224 g/mol. The fraction of sp³-hybridized carbons (Fsp3) is 0.600. The summed E-state index contributed by atoms with van der Waals surface area (Å²) in [6.45, 7) is 2.35. The van der Waals surface area contributed by atoms with E-state index in [0.29, 0.717) is 11.5 Å². The van der Waals surface area contributed by atoms with E-state index in [4.69, 9.17) is 10.6 Å². The summed E-state index contributed by atoms with van der Waals surface area (Å²) >= 11 is 0. The molecular formula is C15H24N2O. The van der Waals surface area contributed by atoms with E-state index in [1.165, 1.54) is 31.2 Å². The minimum atomic E-state index is 0.331. The van der Waals surface area contributed by atoms with Crippen LogP contribution in [0.3, 0.4) is 0 Å². The Balaban J connectivity index is 2.09. The fourth-order valence-corrected chi connectivity index (χ4v) is 3.07. The van der Waals surface area contributed by atoms with E-state index >= 15 is 0 Å². The van der Waals surface area contributed by atoms with E-state index in [0.717, 1.165) is 12.2 Å². The van der Waals surface area contributed by atoms with Crippen molar-refractivity contribution in [1.82, 2.24) is 5.43 Å². The Bertz CT molecular complexity index is 386. The first-order chi connectivity index (χ1) is 8.68. The molecule has 1 aromatic rings. The van der Waals surface area contributed by atoms with Crippen molar-refractivity contribution in [2.75, 3.05) is 7.11 Å². The Morgan fingerprint density at radius 2 is 2.11 bits per heavy atom. The number of rotatable bonds is 5. The first-order valence-corrected chi connectivity index (χ1v) is 6.77. The second-order valence-corrected chi connectivity index (χ2v) is 5.64. The van der Waals surface area contributed by atoms with E-state index in [2.05, 4.69) is 24.5 Å². The van der Waals surface area contributed by atoms with Crippen LogP contribution in [-0.4, -0.2) is 13.2 Å². The number of nitrogens with one attached hydrogen (secondary N) is 1. The summed E-state index contributed by atoms with van der Waals surface area (Å²) < 4.78 is 5.27. The lowest BCUT2D eigenvalue weighted by molar-refractivity contribution is 0.220. The Morgan fingerprint density at radius 1 is 1.39 bits per heavy atom. The van der Waals surface area contributed by atoms with Gasteiger partial charge in [-0.05, 0) is 42.4 Å². The molecule has 0 heterocycles. The number of methoxy groups -OCH3 is 1. The molecule has 3 N–H and O–H groups in total. The Hall–Kier alpha value is -1.06. The van der Waals surface area contributed by atoms with Gasteiger partial charge in [-0.1, -0.05) is 31.9 Å². The van der Waals surface area contributed by atoms with Crippen LogP contribution in [0, 0.1) is 5.41 Å². The summed E-state index contributed by atoms with van der Waals surface area (Å²) in [5.74, 6) is 6.69. The Kier molecular flexibility index (Phi) is 4.25. The van der Waals surface area contributed by atoms with Gasteiger partial charge in [0.1, 0.15) is 5.75 Å². The molecule has 100 valence electrons. The van der Waals surface area contributed by atoms with Crippen molar-refractivity contribution in [3.63, 3.8) is 0 Å². The zero-order valence-electron chi connectivity index (χ0n) is 11.4. The SMILES string of the molecule is COc1cccc(CC(NN)C2(C)CCCC2)c1. The topological polar surface area (TPSA) is 47.3 Å². The van der Waals surface area contributed by atoms with Gasteiger partial charge in [-0.15, -0.1) is 0 Å². The molecule has 3 heteroatoms. The van der Waals surface area contributed by atoms with Gasteiger partial charge in [0.2, 0.25) is 0 Å². The van der Waals surface area contributed by atoms with Crippen molar-refractivity contribution >= 4 is 0 Å². The lowest BCUT2D eigenvalue weighted by atomic mass is 9.78. The molecule has 0 aromatic heterocycles. The van der Waals surface area contributed by atoms with Gasteiger partial charge >= 0.3 is 0 Å². The maximum Gasteiger partial charge on any atom is 0.119 e. The van der Waals surface area contributed by atoms with Crippen molar-refractivity contribution in [2.24, 2.45) is 11.3 Å². The summed E-state index contributed by atoms with van der Waals surface area (Å²) in [7, 11) is 1.70. The summed E-state index contributed by atoms with van der Waals surface area (Å²) in [6, 6.07) is 8.60. The summed E-state index contributed by atoms with van der Waals surface area (Å²) in [5, 5.41) is 0. The highest BCUT2D eigenvalue weighted by Crippen LogP contribution is 2.41. The Morgan fingerprint density at radius 3 is 2.72 bits per heavy atom. The van der Waals surface area contributed by atoms with Crippen LogP contribution in [0.2, 0.25) is 0 Å². The van der Waals surface area contributed by atoms with Gasteiger partial charge < -0.3 is 4.74 Å². The quantitative estimate of drug-likeness (QED) is 0.622. The van der Waals surface area contributed by atoms with E-state index in [1.54, 1.807) is 7.11 Å². The average molecular weight is 248 g/mol. The average Bonchev–Trinajstić information content (AvgIpc) is 2.84. The van der Waals surface area contributed by atoms with Crippen LogP contribution in [0.4, 0.5) is 0 Å². The molecule has 0 bridgehead atoms. The number of hydrazine groups is 1. The van der Waals surface area contributed by atoms with Crippen molar-refractivity contribution in [2.45, 2.75) is 45.1 Å². The molecule has 1 aliphatic carbocycles. The molecule has 1 unspecified atom stereocenters. The smallest absolute Gasteiger partial charge is 0.119 e. The molecule has 1 saturated carbocycles. The van der Waals surface area contributed by atoms with Gasteiger partial charge in [0, 0.05) is 6.04 Å². The molecule has 0 radical (unpaired) electrons. The zero-order chi connectivity index (χ0) is 13.0. The number of nitrogens with two attached hydrogens (primary N) is 1. The van der Waals surface area contributed by atoms with Crippen LogP contribution in [0.15, 0.2) is 24.3 Å². The largest absolute Gasteiger partial charge is 0.497 e. The summed E-state index contributed by atoms with van der Waals surface area (Å²) in [5.41, 5.74) is 4.64. The number of ether oxygens (including phenoxy) is 1. The molecule has 0 amide bonds. The normalized spacial score (nSPS) is 19.7. The van der Waals surface area contributed by atoms with Crippen LogP contribution in [0.5, 0.6) is 5.75 Å². The molecule has 0 spiro atoms. The molecule has 3 nitrogen and oxygen atoms in total. The second kappa shape index (κ2) is 5.72. The Labute approximate surface area is 110 Å². The lowest BCUT2D eigenvalue weighted by Crippen LogP contribution is -2.47. The monoisotopic (exact) mass is 248 g/mol. The predicted octanol–water partition coefficient (Wildman–Crippen LogP) is 2.65. The number of hydrogen-bond donors (Lipinski definition) is 2. The molecule has 1 atom stereocenters. The molecule has 1 fully saturated rings. The highest BCUT2D eigenvalue weighted by molar-refractivity contribution is 5.29. The lowest BCUT2D eigenvalue weighted by Gasteiger charge is -2.33. The second-order valence-electron chi connectivity index (χ2n) is 5.64. The minimum absolute atomic E-state index is 0.331. The van der Waals surface area contributed by atoms with Gasteiger partial charge in [-0.2, -0.15) is 0 Å². The predicted molar refractivity (Wildman–Crippen MR) is 74.4 cm³/mol. The van der Waals surface area contributed by atoms with E-state index in [-0.39, 0.29) is 0 Å². The van der Waals surface area contributed by atoms with Crippen molar-refractivity contribution < 1.29 is 4.74 Å². The molecule has 18 heavy (non-hydrogen) atoms. The highest BCUT2D eigenvalue weighted by atomic mass is 16.5. The minimum Gasteiger partial charge on any atom is -0.497 e. The van der Waals surface area contributed by atoms with Gasteiger partial charge in [0.15, 0.2) is 0 Å². The van der Waals surface area contributed by atoms with Crippen LogP contribution in [0.1, 0.15) is 38.2 Å². The molecule has 1 aliphatic rings. The molecule has 0 saturated heterocycles. The third-order valence-electron chi connectivity index (χ3n) is 4.36. The fourth-order valence-electron chi connectivity index (χ4n) is 3.07. The molecule has 1 aromatic carbocycles. The van der Waals surface area contributed by atoms with Crippen molar-refractivity contribution in [3.8, 4) is 5.75 Å². The highest BCUT2D eigenvalue weighted by Gasteiger charge is 2.36. The maximum atomic E-state index is 5.77. The van der Waals surface area contributed by atoms with Crippen molar-refractivity contribution in [3.05, 3.63) is 29.8 Å². The van der Waals surface area contributed by atoms with Crippen LogP contribution >= 0.6 is 0 Å². The van der Waals surface area contributed by atoms with Crippen LogP contribution < -0.4 is 16.0 Å². The first-order valence-electron chi connectivity index (χ1n) is 6.77. The third kappa shape index (κ3) is 2.85. The van der Waals surface area contributed by atoms with Gasteiger partial charge in [-0.25, -0.2) is 0 Å². The molecule has 2 rings (SSSR count). The number of benzene rings is 1. The molecule has 0 aliphatic heterocycles. The van der Waals surface area contributed by atoms with Crippen molar-refractivity contribution in [1.29, 1.82) is 0 Å². The van der Waals surface area contributed by atoms with E-state index < -0.39 is 0 Å². The van der Waals surface area contributed by atoms with Gasteiger partial charge in [-0.3, -0.25) is 11.3 Å². The van der Waals surface area contributed by atoms with Gasteiger partial charge in [0.25, 0.3) is 0 Å². The van der Waals surface area contributed by atoms with Crippen LogP contribution in [-0.2, 0) is 6.42 Å². The number of hydrogen-bond acceptors (Lipinski definition) is 3. The van der Waals surface area contributed by atoms with Crippen LogP contribution in [0.25, 0.3) is 0 Å². The summed E-state index contributed by atoms with van der Waals surface area (Å²) in [4.78, 5) is 0. The van der Waals surface area contributed by atoms with E-state index in [1.807, 2.05) is 12.1 Å². The van der Waals surface area contributed by atoms with E-state index in [9.17, 15) is 0 Å². The zero-order valence-corrected chi connectivity index (χ0v) is 11.4. The summed E-state index contributed by atoms with van der Waals surface area (Å²) in [6.07, 6.45) is 6.15. The maximum absolute atomic E-state index is 5.77.